The number of fused-ring (bicyclic) bond motifs is 2. The molecule has 2 heterocycles. The molecule has 0 aromatic rings. The van der Waals surface area contributed by atoms with E-state index in [1.54, 1.807) is 0 Å². The summed E-state index contributed by atoms with van der Waals surface area (Å²) < 4.78 is 12.0. The molecule has 0 amide bonds. The number of hydrogen-bond donors (Lipinski definition) is 1. The molecule has 2 rings (SSSR count). The Bertz CT molecular complexity index is 407. The van der Waals surface area contributed by atoms with Gasteiger partial charge < -0.3 is 14.6 Å². The van der Waals surface area contributed by atoms with Crippen molar-refractivity contribution in [2.24, 2.45) is 11.8 Å². The van der Waals surface area contributed by atoms with Gasteiger partial charge in [0.25, 0.3) is 0 Å². The molecule has 2 bridgehead atoms. The quantitative estimate of drug-likeness (QED) is 0.354. The van der Waals surface area contributed by atoms with Gasteiger partial charge in [0.15, 0.2) is 0 Å². The predicted molar refractivity (Wildman–Crippen MR) is 99.7 cm³/mol. The molecule has 2 saturated heterocycles. The van der Waals surface area contributed by atoms with E-state index in [4.69, 9.17) is 14.6 Å². The molecule has 0 spiro atoms. The van der Waals surface area contributed by atoms with E-state index in [0.717, 1.165) is 45.3 Å². The first kappa shape index (κ1) is 20.4. The number of carbonyl (C=O) groups is 1. The van der Waals surface area contributed by atoms with Crippen LogP contribution in [-0.2, 0) is 14.3 Å². The maximum absolute atomic E-state index is 10.5. The molecule has 0 aromatic carbocycles. The highest BCUT2D eigenvalue weighted by molar-refractivity contribution is 5.66. The molecule has 0 aromatic heterocycles. The Morgan fingerprint density at radius 1 is 1.08 bits per heavy atom. The van der Waals surface area contributed by atoms with Gasteiger partial charge in [0.05, 0.1) is 18.8 Å². The molecule has 144 valence electrons. The van der Waals surface area contributed by atoms with Crippen molar-refractivity contribution >= 4 is 5.97 Å². The van der Waals surface area contributed by atoms with E-state index >= 15 is 0 Å². The minimum Gasteiger partial charge on any atom is -0.481 e. The Morgan fingerprint density at radius 2 is 1.80 bits per heavy atom. The van der Waals surface area contributed by atoms with Gasteiger partial charge in [0.1, 0.15) is 0 Å². The van der Waals surface area contributed by atoms with Gasteiger partial charge in [0.2, 0.25) is 0 Å². The molecular weight excluding hydrogens is 316 g/mol. The zero-order chi connectivity index (χ0) is 17.9. The van der Waals surface area contributed by atoms with Crippen molar-refractivity contribution in [1.82, 2.24) is 0 Å². The Hall–Kier alpha value is -0.870. The van der Waals surface area contributed by atoms with Crippen LogP contribution in [0.25, 0.3) is 0 Å². The number of carboxylic acid groups (broad SMARTS) is 1. The minimum atomic E-state index is -0.675. The number of unbranched alkanes of at least 4 members (excludes halogenated alkanes) is 4. The van der Waals surface area contributed by atoms with Crippen molar-refractivity contribution in [2.75, 3.05) is 13.2 Å². The third kappa shape index (κ3) is 7.10. The van der Waals surface area contributed by atoms with E-state index in [1.807, 2.05) is 0 Å². The van der Waals surface area contributed by atoms with Crippen LogP contribution in [0, 0.1) is 11.8 Å². The second-order valence-electron chi connectivity index (χ2n) is 7.59. The Labute approximate surface area is 153 Å². The summed E-state index contributed by atoms with van der Waals surface area (Å²) in [7, 11) is 0. The van der Waals surface area contributed by atoms with Crippen LogP contribution in [0.1, 0.15) is 77.6 Å². The van der Waals surface area contributed by atoms with E-state index in [9.17, 15) is 4.79 Å². The Morgan fingerprint density at radius 3 is 2.52 bits per heavy atom. The van der Waals surface area contributed by atoms with Crippen LogP contribution >= 0.6 is 0 Å². The van der Waals surface area contributed by atoms with Crippen LogP contribution in [0.5, 0.6) is 0 Å². The minimum absolute atomic E-state index is 0.309. The topological polar surface area (TPSA) is 55.8 Å². The molecule has 2 aliphatic heterocycles. The highest BCUT2D eigenvalue weighted by Crippen LogP contribution is 2.47. The van der Waals surface area contributed by atoms with Crippen molar-refractivity contribution in [3.8, 4) is 0 Å². The zero-order valence-electron chi connectivity index (χ0n) is 15.8. The van der Waals surface area contributed by atoms with E-state index in [2.05, 4.69) is 19.1 Å². The fraction of sp³-hybridized carbons (Fsp3) is 0.857. The molecule has 2 aliphatic rings. The summed E-state index contributed by atoms with van der Waals surface area (Å²) in [6, 6.07) is 0. The van der Waals surface area contributed by atoms with E-state index in [1.165, 1.54) is 32.1 Å². The largest absolute Gasteiger partial charge is 0.481 e. The normalized spacial score (nSPS) is 28.2. The van der Waals surface area contributed by atoms with E-state index in [-0.39, 0.29) is 0 Å². The van der Waals surface area contributed by atoms with Crippen molar-refractivity contribution in [2.45, 2.75) is 89.8 Å². The molecule has 4 nitrogen and oxygen atoms in total. The average molecular weight is 353 g/mol. The summed E-state index contributed by atoms with van der Waals surface area (Å²) in [6.45, 7) is 3.76. The summed E-state index contributed by atoms with van der Waals surface area (Å²) in [4.78, 5) is 10.5. The van der Waals surface area contributed by atoms with Gasteiger partial charge in [0, 0.05) is 13.0 Å². The lowest BCUT2D eigenvalue weighted by atomic mass is 9.75. The highest BCUT2D eigenvalue weighted by atomic mass is 16.5. The maximum atomic E-state index is 10.5. The predicted octanol–water partition coefficient (Wildman–Crippen LogP) is 4.97. The lowest BCUT2D eigenvalue weighted by Crippen LogP contribution is -2.28. The molecule has 0 unspecified atom stereocenters. The molecule has 25 heavy (non-hydrogen) atoms. The number of carboxylic acids is 1. The lowest BCUT2D eigenvalue weighted by molar-refractivity contribution is -0.137. The lowest BCUT2D eigenvalue weighted by Gasteiger charge is -2.28. The third-order valence-electron chi connectivity index (χ3n) is 5.70. The second-order valence-corrected chi connectivity index (χ2v) is 7.59. The summed E-state index contributed by atoms with van der Waals surface area (Å²) in [5, 5.41) is 8.68. The molecule has 0 aliphatic carbocycles. The molecule has 2 fully saturated rings. The summed E-state index contributed by atoms with van der Waals surface area (Å²) in [5.74, 6) is 0.681. The van der Waals surface area contributed by atoms with Gasteiger partial charge in [-0.2, -0.15) is 0 Å². The summed E-state index contributed by atoms with van der Waals surface area (Å²) >= 11 is 0. The molecular formula is C21H36O4. The number of allylic oxidation sites excluding steroid dienone is 1. The van der Waals surface area contributed by atoms with Crippen LogP contribution in [0.3, 0.4) is 0 Å². The van der Waals surface area contributed by atoms with Crippen molar-refractivity contribution < 1.29 is 19.4 Å². The van der Waals surface area contributed by atoms with Crippen LogP contribution in [0.4, 0.5) is 0 Å². The van der Waals surface area contributed by atoms with E-state index in [0.29, 0.717) is 30.5 Å². The molecule has 1 N–H and O–H groups in total. The van der Waals surface area contributed by atoms with Crippen molar-refractivity contribution in [3.63, 3.8) is 0 Å². The van der Waals surface area contributed by atoms with Gasteiger partial charge in [-0.05, 0) is 50.4 Å². The van der Waals surface area contributed by atoms with Gasteiger partial charge in [-0.25, -0.2) is 0 Å². The molecule has 4 heteroatoms. The third-order valence-corrected chi connectivity index (χ3v) is 5.70. The number of aliphatic carboxylic acids is 1. The van der Waals surface area contributed by atoms with Crippen LogP contribution in [0.2, 0.25) is 0 Å². The fourth-order valence-corrected chi connectivity index (χ4v) is 4.40. The van der Waals surface area contributed by atoms with Gasteiger partial charge in [-0.15, -0.1) is 0 Å². The van der Waals surface area contributed by atoms with Gasteiger partial charge >= 0.3 is 5.97 Å². The maximum Gasteiger partial charge on any atom is 0.303 e. The van der Waals surface area contributed by atoms with Crippen LogP contribution in [-0.4, -0.2) is 36.5 Å². The second kappa shape index (κ2) is 11.7. The monoisotopic (exact) mass is 352 g/mol. The van der Waals surface area contributed by atoms with Crippen LogP contribution in [0.15, 0.2) is 12.2 Å². The van der Waals surface area contributed by atoms with Crippen molar-refractivity contribution in [3.05, 3.63) is 12.2 Å². The molecule has 0 saturated carbocycles. The zero-order valence-corrected chi connectivity index (χ0v) is 15.8. The van der Waals surface area contributed by atoms with E-state index < -0.39 is 5.97 Å². The van der Waals surface area contributed by atoms with Gasteiger partial charge in [-0.3, -0.25) is 4.79 Å². The Balaban J connectivity index is 1.60. The Kier molecular flexibility index (Phi) is 9.56. The SMILES string of the molecule is CCCC=CCOCC[C@H]1[C@@H](CCCCCCC(=O)O)[C@H]2CC[C@@H]1O2. The first-order valence-corrected chi connectivity index (χ1v) is 10.3. The smallest absolute Gasteiger partial charge is 0.303 e. The summed E-state index contributed by atoms with van der Waals surface area (Å²) in [6.07, 6.45) is 16.9. The molecule has 0 radical (unpaired) electrons. The number of ether oxygens (including phenoxy) is 2. The fourth-order valence-electron chi connectivity index (χ4n) is 4.40. The first-order valence-electron chi connectivity index (χ1n) is 10.3. The number of rotatable bonds is 14. The summed E-state index contributed by atoms with van der Waals surface area (Å²) in [5.41, 5.74) is 0. The van der Waals surface area contributed by atoms with Gasteiger partial charge in [-0.1, -0.05) is 44.8 Å². The highest BCUT2D eigenvalue weighted by Gasteiger charge is 2.47. The number of hydrogen-bond acceptors (Lipinski definition) is 3. The van der Waals surface area contributed by atoms with Crippen molar-refractivity contribution in [1.29, 1.82) is 0 Å². The molecule has 4 atom stereocenters. The first-order chi connectivity index (χ1) is 12.2. The van der Waals surface area contributed by atoms with Crippen LogP contribution < -0.4 is 0 Å². The average Bonchev–Trinajstić information content (AvgIpc) is 3.19. The standard InChI is InChI=1S/C21H36O4/c1-2-3-4-9-15-24-16-14-18-17(19-12-13-20(18)25-19)10-7-5-6-8-11-21(22)23/h4,9,17-20H,2-3,5-8,10-16H2,1H3,(H,22,23)/t17-,18+,19-,20+/m1/s1.